The SMILES string of the molecule is CCC(C)NC(=O)c1cccc2nccn12. The summed E-state index contributed by atoms with van der Waals surface area (Å²) in [6.07, 6.45) is 4.40. The molecule has 84 valence electrons. The van der Waals surface area contributed by atoms with Gasteiger partial charge < -0.3 is 5.32 Å². The summed E-state index contributed by atoms with van der Waals surface area (Å²) in [5.74, 6) is -0.0575. The molecule has 2 aromatic rings. The van der Waals surface area contributed by atoms with Crippen LogP contribution >= 0.6 is 0 Å². The van der Waals surface area contributed by atoms with Gasteiger partial charge in [-0.05, 0) is 25.5 Å². The first-order valence-corrected chi connectivity index (χ1v) is 5.45. The van der Waals surface area contributed by atoms with Crippen LogP contribution in [0.15, 0.2) is 30.6 Å². The van der Waals surface area contributed by atoms with E-state index >= 15 is 0 Å². The van der Waals surface area contributed by atoms with Gasteiger partial charge in [0.05, 0.1) is 0 Å². The van der Waals surface area contributed by atoms with Crippen molar-refractivity contribution in [1.29, 1.82) is 0 Å². The molecule has 1 amide bonds. The molecule has 0 bridgehead atoms. The zero-order valence-corrected chi connectivity index (χ0v) is 9.47. The number of hydrogen-bond donors (Lipinski definition) is 1. The maximum absolute atomic E-state index is 12.0. The normalized spacial score (nSPS) is 12.6. The van der Waals surface area contributed by atoms with Crippen LogP contribution in [0.25, 0.3) is 5.65 Å². The van der Waals surface area contributed by atoms with Crippen LogP contribution in [0.2, 0.25) is 0 Å². The van der Waals surface area contributed by atoms with Crippen LogP contribution in [0.3, 0.4) is 0 Å². The van der Waals surface area contributed by atoms with Gasteiger partial charge in [0.1, 0.15) is 11.3 Å². The van der Waals surface area contributed by atoms with Gasteiger partial charge in [0, 0.05) is 18.4 Å². The van der Waals surface area contributed by atoms with Gasteiger partial charge in [-0.3, -0.25) is 9.20 Å². The third-order valence-corrected chi connectivity index (χ3v) is 2.65. The van der Waals surface area contributed by atoms with E-state index in [2.05, 4.69) is 10.3 Å². The first-order chi connectivity index (χ1) is 7.72. The predicted octanol–water partition coefficient (Wildman–Crippen LogP) is 1.86. The molecule has 4 heteroatoms. The fourth-order valence-corrected chi connectivity index (χ4v) is 1.53. The van der Waals surface area contributed by atoms with Crippen LogP contribution in [0.4, 0.5) is 0 Å². The number of nitrogens with one attached hydrogen (secondary N) is 1. The molecule has 0 aliphatic carbocycles. The Kier molecular flexibility index (Phi) is 2.90. The molecule has 1 atom stereocenters. The van der Waals surface area contributed by atoms with E-state index in [1.165, 1.54) is 0 Å². The van der Waals surface area contributed by atoms with Crippen LogP contribution < -0.4 is 5.32 Å². The van der Waals surface area contributed by atoms with Gasteiger partial charge in [0.25, 0.3) is 5.91 Å². The number of carbonyl (C=O) groups excluding carboxylic acids is 1. The topological polar surface area (TPSA) is 46.4 Å². The number of rotatable bonds is 3. The minimum atomic E-state index is -0.0575. The molecule has 2 heterocycles. The first-order valence-electron chi connectivity index (χ1n) is 5.45. The third kappa shape index (κ3) is 1.91. The van der Waals surface area contributed by atoms with Crippen LogP contribution in [-0.4, -0.2) is 21.3 Å². The second kappa shape index (κ2) is 4.35. The summed E-state index contributed by atoms with van der Waals surface area (Å²) in [4.78, 5) is 16.1. The van der Waals surface area contributed by atoms with Crippen molar-refractivity contribution in [3.63, 3.8) is 0 Å². The molecule has 2 rings (SSSR count). The van der Waals surface area contributed by atoms with Gasteiger partial charge in [-0.25, -0.2) is 4.98 Å². The van der Waals surface area contributed by atoms with Gasteiger partial charge in [0.2, 0.25) is 0 Å². The average Bonchev–Trinajstić information content (AvgIpc) is 2.76. The lowest BCUT2D eigenvalue weighted by molar-refractivity contribution is 0.0933. The highest BCUT2D eigenvalue weighted by molar-refractivity contribution is 5.93. The van der Waals surface area contributed by atoms with E-state index in [9.17, 15) is 4.79 Å². The maximum atomic E-state index is 12.0. The molecule has 0 fully saturated rings. The number of hydrogen-bond acceptors (Lipinski definition) is 2. The molecule has 4 nitrogen and oxygen atoms in total. The summed E-state index contributed by atoms with van der Waals surface area (Å²) >= 11 is 0. The van der Waals surface area contributed by atoms with Crippen molar-refractivity contribution in [3.8, 4) is 0 Å². The quantitative estimate of drug-likeness (QED) is 0.853. The lowest BCUT2D eigenvalue weighted by atomic mass is 10.2. The fourth-order valence-electron chi connectivity index (χ4n) is 1.53. The summed E-state index contributed by atoms with van der Waals surface area (Å²) in [5, 5.41) is 2.94. The average molecular weight is 217 g/mol. The minimum absolute atomic E-state index is 0.0575. The van der Waals surface area contributed by atoms with Gasteiger partial charge >= 0.3 is 0 Å². The van der Waals surface area contributed by atoms with Gasteiger partial charge in [-0.1, -0.05) is 13.0 Å². The summed E-state index contributed by atoms with van der Waals surface area (Å²) < 4.78 is 1.79. The van der Waals surface area contributed by atoms with Crippen molar-refractivity contribution in [1.82, 2.24) is 14.7 Å². The van der Waals surface area contributed by atoms with Crippen molar-refractivity contribution < 1.29 is 4.79 Å². The van der Waals surface area contributed by atoms with E-state index in [1.807, 2.05) is 26.0 Å². The van der Waals surface area contributed by atoms with Gasteiger partial charge in [-0.2, -0.15) is 0 Å². The Hall–Kier alpha value is -1.84. The molecule has 2 aromatic heterocycles. The highest BCUT2D eigenvalue weighted by Gasteiger charge is 2.11. The number of nitrogens with zero attached hydrogens (tertiary/aromatic N) is 2. The van der Waals surface area contributed by atoms with Crippen molar-refractivity contribution in [2.45, 2.75) is 26.3 Å². The first kappa shape index (κ1) is 10.7. The Bertz CT molecular complexity index is 504. The molecule has 1 unspecified atom stereocenters. The molecular weight excluding hydrogens is 202 g/mol. The van der Waals surface area contributed by atoms with Crippen molar-refractivity contribution in [2.24, 2.45) is 0 Å². The van der Waals surface area contributed by atoms with Gasteiger partial charge in [0.15, 0.2) is 0 Å². The van der Waals surface area contributed by atoms with E-state index in [0.29, 0.717) is 5.69 Å². The standard InChI is InChI=1S/C12H15N3O/c1-3-9(2)14-12(16)10-5-4-6-11-13-7-8-15(10)11/h4-9H,3H2,1-2H3,(H,14,16). The van der Waals surface area contributed by atoms with E-state index < -0.39 is 0 Å². The molecule has 1 N–H and O–H groups in total. The molecule has 0 aliphatic heterocycles. The van der Waals surface area contributed by atoms with E-state index in [0.717, 1.165) is 12.1 Å². The van der Waals surface area contributed by atoms with Crippen LogP contribution in [0, 0.1) is 0 Å². The Morgan fingerprint density at radius 1 is 1.56 bits per heavy atom. The number of carbonyl (C=O) groups is 1. The lowest BCUT2D eigenvalue weighted by Gasteiger charge is -2.12. The lowest BCUT2D eigenvalue weighted by Crippen LogP contribution is -2.33. The second-order valence-electron chi connectivity index (χ2n) is 3.85. The zero-order valence-electron chi connectivity index (χ0n) is 9.47. The monoisotopic (exact) mass is 217 g/mol. The van der Waals surface area contributed by atoms with Crippen molar-refractivity contribution in [2.75, 3.05) is 0 Å². The fraction of sp³-hybridized carbons (Fsp3) is 0.333. The molecule has 0 radical (unpaired) electrons. The predicted molar refractivity (Wildman–Crippen MR) is 62.4 cm³/mol. The Morgan fingerprint density at radius 2 is 2.38 bits per heavy atom. The van der Waals surface area contributed by atoms with E-state index in [-0.39, 0.29) is 11.9 Å². The molecule has 0 saturated carbocycles. The zero-order chi connectivity index (χ0) is 11.5. The van der Waals surface area contributed by atoms with Crippen molar-refractivity contribution >= 4 is 11.6 Å². The van der Waals surface area contributed by atoms with E-state index in [4.69, 9.17) is 0 Å². The van der Waals surface area contributed by atoms with Crippen molar-refractivity contribution in [3.05, 3.63) is 36.3 Å². The molecule has 0 saturated heterocycles. The summed E-state index contributed by atoms with van der Waals surface area (Å²) in [6.45, 7) is 4.04. The molecule has 16 heavy (non-hydrogen) atoms. The van der Waals surface area contributed by atoms with Crippen LogP contribution in [-0.2, 0) is 0 Å². The number of amides is 1. The largest absolute Gasteiger partial charge is 0.348 e. The summed E-state index contributed by atoms with van der Waals surface area (Å²) in [5.41, 5.74) is 1.41. The highest BCUT2D eigenvalue weighted by Crippen LogP contribution is 2.06. The number of fused-ring (bicyclic) bond motifs is 1. The van der Waals surface area contributed by atoms with Gasteiger partial charge in [-0.15, -0.1) is 0 Å². The molecule has 0 spiro atoms. The number of pyridine rings is 1. The van der Waals surface area contributed by atoms with Crippen LogP contribution in [0.5, 0.6) is 0 Å². The minimum Gasteiger partial charge on any atom is -0.348 e. The number of aromatic nitrogens is 2. The van der Waals surface area contributed by atoms with E-state index in [1.54, 1.807) is 22.9 Å². The Balaban J connectivity index is 2.32. The molecule has 0 aromatic carbocycles. The summed E-state index contributed by atoms with van der Waals surface area (Å²) in [6, 6.07) is 5.70. The van der Waals surface area contributed by atoms with Crippen LogP contribution in [0.1, 0.15) is 30.8 Å². The smallest absolute Gasteiger partial charge is 0.268 e. The highest BCUT2D eigenvalue weighted by atomic mass is 16.2. The third-order valence-electron chi connectivity index (χ3n) is 2.65. The molecule has 0 aliphatic rings. The Morgan fingerprint density at radius 3 is 3.12 bits per heavy atom. The summed E-state index contributed by atoms with van der Waals surface area (Å²) in [7, 11) is 0. The second-order valence-corrected chi connectivity index (χ2v) is 3.85. The Labute approximate surface area is 94.3 Å². The molecular formula is C12H15N3O. The maximum Gasteiger partial charge on any atom is 0.268 e. The number of imidazole rings is 1.